The Kier molecular flexibility index (Phi) is 3.59. The van der Waals surface area contributed by atoms with Crippen molar-refractivity contribution in [1.82, 2.24) is 9.80 Å². The van der Waals surface area contributed by atoms with Crippen LogP contribution in [0.3, 0.4) is 0 Å². The zero-order chi connectivity index (χ0) is 15.1. The predicted molar refractivity (Wildman–Crippen MR) is 67.6 cm³/mol. The van der Waals surface area contributed by atoms with Crippen LogP contribution in [0.2, 0.25) is 0 Å². The van der Waals surface area contributed by atoms with Crippen molar-refractivity contribution in [3.8, 4) is 0 Å². The molecule has 0 aromatic heterocycles. The number of likely N-dealkylation sites (tertiary alicyclic amines) is 2. The lowest BCUT2D eigenvalue weighted by Crippen LogP contribution is -2.48. The number of carbonyl (C=O) groups excluding carboxylic acids is 2. The van der Waals surface area contributed by atoms with Gasteiger partial charge in [0, 0.05) is 26.1 Å². The first-order valence-electron chi connectivity index (χ1n) is 6.51. The molecule has 3 unspecified atom stereocenters. The number of urea groups is 1. The maximum absolute atomic E-state index is 12.3. The highest BCUT2D eigenvalue weighted by molar-refractivity contribution is 5.86. The number of β-amino-alcohol motifs (C(OH)–C–C–N with tert-alkyl or cyclic N) is 1. The van der Waals surface area contributed by atoms with Gasteiger partial charge in [0.15, 0.2) is 0 Å². The molecule has 0 aromatic carbocycles. The number of hydrogen-bond donors (Lipinski definition) is 3. The van der Waals surface area contributed by atoms with Gasteiger partial charge in [-0.3, -0.25) is 4.79 Å². The molecule has 4 N–H and O–H groups in total. The summed E-state index contributed by atoms with van der Waals surface area (Å²) >= 11 is 0. The highest BCUT2D eigenvalue weighted by atomic mass is 16.4. The van der Waals surface area contributed by atoms with Crippen LogP contribution in [-0.4, -0.2) is 69.7 Å². The van der Waals surface area contributed by atoms with Crippen molar-refractivity contribution >= 4 is 17.9 Å². The van der Waals surface area contributed by atoms with Crippen molar-refractivity contribution in [3.05, 3.63) is 0 Å². The standard InChI is InChI=1S/C12H19N3O5/c1-12(10(13)19)2-3-14(6-12)11(20)15-5-7(16)4-8(15)9(17)18/h7-8,16H,2-6H2,1H3,(H2,13,19)(H,17,18). The lowest BCUT2D eigenvalue weighted by molar-refractivity contribution is -0.141. The second kappa shape index (κ2) is 4.93. The van der Waals surface area contributed by atoms with Crippen LogP contribution in [0.15, 0.2) is 0 Å². The maximum Gasteiger partial charge on any atom is 0.326 e. The van der Waals surface area contributed by atoms with Gasteiger partial charge in [-0.05, 0) is 13.3 Å². The number of amides is 3. The number of hydrogen-bond acceptors (Lipinski definition) is 4. The van der Waals surface area contributed by atoms with Crippen LogP contribution >= 0.6 is 0 Å². The molecule has 2 rings (SSSR count). The number of carboxylic acids is 1. The topological polar surface area (TPSA) is 124 Å². The second-order valence-electron chi connectivity index (χ2n) is 5.77. The summed E-state index contributed by atoms with van der Waals surface area (Å²) in [6.45, 7) is 2.23. The number of carboxylic acid groups (broad SMARTS) is 1. The van der Waals surface area contributed by atoms with Gasteiger partial charge >= 0.3 is 12.0 Å². The molecular formula is C12H19N3O5. The van der Waals surface area contributed by atoms with E-state index in [2.05, 4.69) is 0 Å². The summed E-state index contributed by atoms with van der Waals surface area (Å²) < 4.78 is 0. The molecule has 112 valence electrons. The minimum atomic E-state index is -1.13. The van der Waals surface area contributed by atoms with E-state index in [0.29, 0.717) is 13.0 Å². The van der Waals surface area contributed by atoms with Crippen molar-refractivity contribution < 1.29 is 24.6 Å². The van der Waals surface area contributed by atoms with E-state index < -0.39 is 35.5 Å². The van der Waals surface area contributed by atoms with E-state index in [0.717, 1.165) is 4.90 Å². The van der Waals surface area contributed by atoms with Gasteiger partial charge in [-0.2, -0.15) is 0 Å². The number of aliphatic hydroxyl groups is 1. The van der Waals surface area contributed by atoms with Crippen LogP contribution in [0.4, 0.5) is 4.79 Å². The Morgan fingerprint density at radius 1 is 1.35 bits per heavy atom. The van der Waals surface area contributed by atoms with Crippen LogP contribution < -0.4 is 5.73 Å². The monoisotopic (exact) mass is 285 g/mol. The molecule has 2 aliphatic heterocycles. The van der Waals surface area contributed by atoms with Gasteiger partial charge in [0.05, 0.1) is 11.5 Å². The highest BCUT2D eigenvalue weighted by Crippen LogP contribution is 2.31. The smallest absolute Gasteiger partial charge is 0.326 e. The van der Waals surface area contributed by atoms with Gasteiger partial charge < -0.3 is 25.7 Å². The number of aliphatic hydroxyl groups excluding tert-OH is 1. The largest absolute Gasteiger partial charge is 0.480 e. The van der Waals surface area contributed by atoms with Crippen LogP contribution in [0.25, 0.3) is 0 Å². The lowest BCUT2D eigenvalue weighted by atomic mass is 9.89. The number of primary amides is 1. The number of carbonyl (C=O) groups is 3. The fraction of sp³-hybridized carbons (Fsp3) is 0.750. The molecule has 2 aliphatic rings. The van der Waals surface area contributed by atoms with Gasteiger partial charge in [0.2, 0.25) is 5.91 Å². The van der Waals surface area contributed by atoms with E-state index in [9.17, 15) is 19.5 Å². The van der Waals surface area contributed by atoms with Crippen molar-refractivity contribution in [2.75, 3.05) is 19.6 Å². The van der Waals surface area contributed by atoms with Crippen LogP contribution in [0.1, 0.15) is 19.8 Å². The van der Waals surface area contributed by atoms with Gasteiger partial charge in [0.1, 0.15) is 6.04 Å². The molecule has 0 aromatic rings. The highest BCUT2D eigenvalue weighted by Gasteiger charge is 2.45. The minimum absolute atomic E-state index is 0.000411. The summed E-state index contributed by atoms with van der Waals surface area (Å²) in [6.07, 6.45) is -0.338. The molecule has 0 spiro atoms. The van der Waals surface area contributed by atoms with E-state index in [-0.39, 0.29) is 19.5 Å². The van der Waals surface area contributed by atoms with E-state index in [1.54, 1.807) is 6.92 Å². The fourth-order valence-corrected chi connectivity index (χ4v) is 2.77. The van der Waals surface area contributed by atoms with Crippen LogP contribution in [0, 0.1) is 5.41 Å². The third kappa shape index (κ3) is 2.43. The Bertz CT molecular complexity index is 454. The predicted octanol–water partition coefficient (Wildman–Crippen LogP) is -1.18. The van der Waals surface area contributed by atoms with Crippen molar-refractivity contribution in [1.29, 1.82) is 0 Å². The van der Waals surface area contributed by atoms with Gasteiger partial charge in [0.25, 0.3) is 0 Å². The van der Waals surface area contributed by atoms with E-state index in [1.807, 2.05) is 0 Å². The quantitative estimate of drug-likeness (QED) is 0.589. The Morgan fingerprint density at radius 2 is 2.00 bits per heavy atom. The van der Waals surface area contributed by atoms with Gasteiger partial charge in [-0.25, -0.2) is 9.59 Å². The summed E-state index contributed by atoms with van der Waals surface area (Å²) in [5, 5.41) is 18.6. The van der Waals surface area contributed by atoms with Crippen LogP contribution in [-0.2, 0) is 9.59 Å². The molecule has 8 heteroatoms. The SMILES string of the molecule is CC1(C(N)=O)CCN(C(=O)N2CC(O)CC2C(=O)O)C1. The lowest BCUT2D eigenvalue weighted by Gasteiger charge is -2.28. The number of aliphatic carboxylic acids is 1. The zero-order valence-electron chi connectivity index (χ0n) is 11.3. The third-order valence-corrected chi connectivity index (χ3v) is 4.15. The third-order valence-electron chi connectivity index (χ3n) is 4.15. The molecule has 2 saturated heterocycles. The number of nitrogens with two attached hydrogens (primary N) is 1. The molecule has 0 aliphatic carbocycles. The molecule has 0 saturated carbocycles. The van der Waals surface area contributed by atoms with Crippen molar-refractivity contribution in [2.45, 2.75) is 31.9 Å². The molecule has 0 bridgehead atoms. The van der Waals surface area contributed by atoms with E-state index in [1.165, 1.54) is 4.90 Å². The molecule has 2 heterocycles. The normalized spacial score (nSPS) is 33.5. The molecular weight excluding hydrogens is 266 g/mol. The fourth-order valence-electron chi connectivity index (χ4n) is 2.77. The van der Waals surface area contributed by atoms with Crippen molar-refractivity contribution in [2.24, 2.45) is 11.1 Å². The minimum Gasteiger partial charge on any atom is -0.480 e. The Balaban J connectivity index is 2.09. The second-order valence-corrected chi connectivity index (χ2v) is 5.77. The average molecular weight is 285 g/mol. The first-order chi connectivity index (χ1) is 9.24. The van der Waals surface area contributed by atoms with Gasteiger partial charge in [-0.1, -0.05) is 0 Å². The van der Waals surface area contributed by atoms with E-state index >= 15 is 0 Å². The molecule has 8 nitrogen and oxygen atoms in total. The first-order valence-corrected chi connectivity index (χ1v) is 6.51. The Morgan fingerprint density at radius 3 is 2.50 bits per heavy atom. The number of nitrogens with zero attached hydrogens (tertiary/aromatic N) is 2. The Labute approximate surface area is 116 Å². The summed E-state index contributed by atoms with van der Waals surface area (Å²) in [7, 11) is 0. The number of rotatable bonds is 2. The molecule has 3 amide bonds. The van der Waals surface area contributed by atoms with Crippen LogP contribution in [0.5, 0.6) is 0 Å². The zero-order valence-corrected chi connectivity index (χ0v) is 11.3. The molecule has 3 atom stereocenters. The summed E-state index contributed by atoms with van der Waals surface area (Å²) in [5.41, 5.74) is 4.55. The summed E-state index contributed by atoms with van der Waals surface area (Å²) in [5.74, 6) is -1.60. The average Bonchev–Trinajstić information content (AvgIpc) is 2.93. The van der Waals surface area contributed by atoms with E-state index in [4.69, 9.17) is 10.8 Å². The Hall–Kier alpha value is -1.83. The summed E-state index contributed by atoms with van der Waals surface area (Å²) in [4.78, 5) is 37.4. The van der Waals surface area contributed by atoms with Gasteiger partial charge in [-0.15, -0.1) is 0 Å². The molecule has 0 radical (unpaired) electrons. The maximum atomic E-state index is 12.3. The van der Waals surface area contributed by atoms with Crippen molar-refractivity contribution in [3.63, 3.8) is 0 Å². The molecule has 2 fully saturated rings. The summed E-state index contributed by atoms with van der Waals surface area (Å²) in [6, 6.07) is -1.48. The first kappa shape index (κ1) is 14.6. The molecule has 20 heavy (non-hydrogen) atoms.